The Morgan fingerprint density at radius 3 is 2.24 bits per heavy atom. The maximum absolute atomic E-state index is 13.9. The number of alkyl halides is 1. The van der Waals surface area contributed by atoms with Crippen molar-refractivity contribution in [2.24, 2.45) is 0 Å². The lowest BCUT2D eigenvalue weighted by Crippen LogP contribution is -1.96. The SMILES string of the molecule is Fc1cc(C(Br)c2ccc(F)c3ccccc23)ccc1Br. The zero-order valence-corrected chi connectivity index (χ0v) is 14.0. The van der Waals surface area contributed by atoms with Gasteiger partial charge in [0.1, 0.15) is 11.6 Å². The molecule has 0 saturated carbocycles. The van der Waals surface area contributed by atoms with E-state index in [2.05, 4.69) is 31.9 Å². The number of fused-ring (bicyclic) bond motifs is 1. The fourth-order valence-electron chi connectivity index (χ4n) is 2.36. The molecule has 0 spiro atoms. The first kappa shape index (κ1) is 14.7. The van der Waals surface area contributed by atoms with Crippen LogP contribution in [0.3, 0.4) is 0 Å². The molecule has 0 amide bonds. The Balaban J connectivity index is 2.15. The third kappa shape index (κ3) is 2.74. The molecule has 0 radical (unpaired) electrons. The summed E-state index contributed by atoms with van der Waals surface area (Å²) < 4.78 is 28.0. The second-order valence-corrected chi connectivity index (χ2v) is 6.49. The van der Waals surface area contributed by atoms with E-state index in [4.69, 9.17) is 0 Å². The molecule has 106 valence electrons. The van der Waals surface area contributed by atoms with E-state index in [9.17, 15) is 8.78 Å². The molecule has 0 aromatic heterocycles. The molecule has 3 aromatic carbocycles. The molecule has 0 nitrogen and oxygen atoms in total. The smallest absolute Gasteiger partial charge is 0.137 e. The Kier molecular flexibility index (Phi) is 4.09. The summed E-state index contributed by atoms with van der Waals surface area (Å²) in [5, 5.41) is 1.39. The molecule has 0 aliphatic heterocycles. The van der Waals surface area contributed by atoms with Crippen LogP contribution < -0.4 is 0 Å². The van der Waals surface area contributed by atoms with E-state index in [1.54, 1.807) is 24.3 Å². The van der Waals surface area contributed by atoms with Crippen LogP contribution in [0.2, 0.25) is 0 Å². The predicted octanol–water partition coefficient (Wildman–Crippen LogP) is 6.36. The van der Waals surface area contributed by atoms with Crippen LogP contribution in [-0.2, 0) is 0 Å². The fraction of sp³-hybridized carbons (Fsp3) is 0.0588. The lowest BCUT2D eigenvalue weighted by Gasteiger charge is -2.14. The van der Waals surface area contributed by atoms with E-state index < -0.39 is 0 Å². The highest BCUT2D eigenvalue weighted by Crippen LogP contribution is 2.37. The van der Waals surface area contributed by atoms with E-state index in [-0.39, 0.29) is 16.5 Å². The monoisotopic (exact) mass is 410 g/mol. The maximum Gasteiger partial charge on any atom is 0.137 e. The van der Waals surface area contributed by atoms with E-state index in [1.165, 1.54) is 12.1 Å². The normalized spacial score (nSPS) is 12.6. The van der Waals surface area contributed by atoms with Gasteiger partial charge in [-0.05, 0) is 50.6 Å². The molecular weight excluding hydrogens is 402 g/mol. The van der Waals surface area contributed by atoms with Crippen LogP contribution in [0.25, 0.3) is 10.8 Å². The Morgan fingerprint density at radius 2 is 1.52 bits per heavy atom. The van der Waals surface area contributed by atoms with Gasteiger partial charge in [0.25, 0.3) is 0 Å². The van der Waals surface area contributed by atoms with Crippen LogP contribution in [0, 0.1) is 11.6 Å². The van der Waals surface area contributed by atoms with Crippen molar-refractivity contribution >= 4 is 42.6 Å². The van der Waals surface area contributed by atoms with Crippen molar-refractivity contribution in [1.29, 1.82) is 0 Å². The summed E-state index contributed by atoms with van der Waals surface area (Å²) in [6.45, 7) is 0. The molecule has 21 heavy (non-hydrogen) atoms. The van der Waals surface area contributed by atoms with Crippen LogP contribution in [0.4, 0.5) is 8.78 Å². The summed E-state index contributed by atoms with van der Waals surface area (Å²) in [6, 6.07) is 15.5. The summed E-state index contributed by atoms with van der Waals surface area (Å²) in [6.07, 6.45) is 0. The minimum absolute atomic E-state index is 0.203. The molecule has 1 unspecified atom stereocenters. The molecule has 0 fully saturated rings. The minimum Gasteiger partial charge on any atom is -0.206 e. The van der Waals surface area contributed by atoms with Crippen LogP contribution in [0.15, 0.2) is 59.1 Å². The van der Waals surface area contributed by atoms with Gasteiger partial charge in [-0.15, -0.1) is 0 Å². The summed E-state index contributed by atoms with van der Waals surface area (Å²) in [5.74, 6) is -0.570. The van der Waals surface area contributed by atoms with Crippen molar-refractivity contribution in [3.8, 4) is 0 Å². The van der Waals surface area contributed by atoms with Crippen molar-refractivity contribution in [3.05, 3.63) is 81.8 Å². The second-order valence-electron chi connectivity index (χ2n) is 4.72. The minimum atomic E-state index is -0.316. The predicted molar refractivity (Wildman–Crippen MR) is 88.8 cm³/mol. The maximum atomic E-state index is 13.9. The van der Waals surface area contributed by atoms with Gasteiger partial charge in [-0.25, -0.2) is 8.78 Å². The Labute approximate surface area is 138 Å². The lowest BCUT2D eigenvalue weighted by atomic mass is 9.98. The van der Waals surface area contributed by atoms with Crippen LogP contribution in [0.1, 0.15) is 16.0 Å². The first-order chi connectivity index (χ1) is 10.1. The van der Waals surface area contributed by atoms with Gasteiger partial charge >= 0.3 is 0 Å². The molecule has 1 atom stereocenters. The van der Waals surface area contributed by atoms with Crippen molar-refractivity contribution in [3.63, 3.8) is 0 Å². The molecule has 0 bridgehead atoms. The highest BCUT2D eigenvalue weighted by atomic mass is 79.9. The van der Waals surface area contributed by atoms with Crippen molar-refractivity contribution in [1.82, 2.24) is 0 Å². The third-order valence-corrected chi connectivity index (χ3v) is 5.08. The summed E-state index contributed by atoms with van der Waals surface area (Å²) >= 11 is 6.74. The average molecular weight is 412 g/mol. The van der Waals surface area contributed by atoms with Crippen LogP contribution >= 0.6 is 31.9 Å². The van der Waals surface area contributed by atoms with Gasteiger partial charge in [0.2, 0.25) is 0 Å². The summed E-state index contributed by atoms with van der Waals surface area (Å²) in [5.41, 5.74) is 1.70. The quantitative estimate of drug-likeness (QED) is 0.430. The van der Waals surface area contributed by atoms with Gasteiger partial charge in [0.15, 0.2) is 0 Å². The first-order valence-corrected chi connectivity index (χ1v) is 8.05. The summed E-state index contributed by atoms with van der Waals surface area (Å²) in [7, 11) is 0. The first-order valence-electron chi connectivity index (χ1n) is 6.34. The highest BCUT2D eigenvalue weighted by molar-refractivity contribution is 9.10. The van der Waals surface area contributed by atoms with E-state index in [1.807, 2.05) is 18.2 Å². The van der Waals surface area contributed by atoms with Gasteiger partial charge in [-0.2, -0.15) is 0 Å². The van der Waals surface area contributed by atoms with Gasteiger partial charge in [0, 0.05) is 5.39 Å². The van der Waals surface area contributed by atoms with Gasteiger partial charge < -0.3 is 0 Å². The Bertz CT molecular complexity index is 815. The molecule has 0 N–H and O–H groups in total. The molecule has 0 saturated heterocycles. The molecule has 3 aromatic rings. The number of rotatable bonds is 2. The van der Waals surface area contributed by atoms with E-state index in [0.29, 0.717) is 9.86 Å². The molecule has 4 heteroatoms. The van der Waals surface area contributed by atoms with Gasteiger partial charge in [0.05, 0.1) is 9.30 Å². The third-order valence-electron chi connectivity index (χ3n) is 3.41. The number of hydrogen-bond acceptors (Lipinski definition) is 0. The van der Waals surface area contributed by atoms with Crippen molar-refractivity contribution in [2.75, 3.05) is 0 Å². The highest BCUT2D eigenvalue weighted by Gasteiger charge is 2.16. The fourth-order valence-corrected chi connectivity index (χ4v) is 3.29. The standard InChI is InChI=1S/C17H10Br2F2/c18-14-7-5-10(9-16(14)21)17(19)13-6-8-15(20)12-4-2-1-3-11(12)13/h1-9,17H. The number of halogens is 4. The number of benzene rings is 3. The topological polar surface area (TPSA) is 0 Å². The van der Waals surface area contributed by atoms with Crippen LogP contribution in [-0.4, -0.2) is 0 Å². The summed E-state index contributed by atoms with van der Waals surface area (Å²) in [4.78, 5) is -0.203. The largest absolute Gasteiger partial charge is 0.206 e. The average Bonchev–Trinajstić information content (AvgIpc) is 2.50. The van der Waals surface area contributed by atoms with Crippen molar-refractivity contribution < 1.29 is 8.78 Å². The van der Waals surface area contributed by atoms with Crippen molar-refractivity contribution in [2.45, 2.75) is 4.83 Å². The lowest BCUT2D eigenvalue weighted by molar-refractivity contribution is 0.619. The molecule has 0 heterocycles. The zero-order valence-electron chi connectivity index (χ0n) is 10.8. The van der Waals surface area contributed by atoms with Gasteiger partial charge in [-0.3, -0.25) is 0 Å². The number of hydrogen-bond donors (Lipinski definition) is 0. The van der Waals surface area contributed by atoms with Gasteiger partial charge in [-0.1, -0.05) is 52.3 Å². The molecule has 0 aliphatic rings. The van der Waals surface area contributed by atoms with E-state index in [0.717, 1.165) is 16.5 Å². The van der Waals surface area contributed by atoms with Crippen LogP contribution in [0.5, 0.6) is 0 Å². The Hall–Kier alpha value is -1.26. The Morgan fingerprint density at radius 1 is 0.810 bits per heavy atom. The second kappa shape index (κ2) is 5.85. The molecule has 0 aliphatic carbocycles. The van der Waals surface area contributed by atoms with E-state index >= 15 is 0 Å². The molecular formula is C17H10Br2F2. The molecule has 3 rings (SSSR count). The zero-order chi connectivity index (χ0) is 15.0.